The summed E-state index contributed by atoms with van der Waals surface area (Å²) in [4.78, 5) is 33.9. The van der Waals surface area contributed by atoms with E-state index in [9.17, 15) is 22.8 Å². The number of fused-ring (bicyclic) bond motifs is 1. The van der Waals surface area contributed by atoms with Gasteiger partial charge in [-0.15, -0.1) is 0 Å². The number of carbonyl (C=O) groups excluding carboxylic acids is 1. The Morgan fingerprint density at radius 1 is 1.00 bits per heavy atom. The van der Waals surface area contributed by atoms with Crippen LogP contribution in [0.15, 0.2) is 77.6 Å². The minimum Gasteiger partial charge on any atom is -0.494 e. The summed E-state index contributed by atoms with van der Waals surface area (Å²) >= 11 is 0. The Morgan fingerprint density at radius 3 is 2.35 bits per heavy atom. The van der Waals surface area contributed by atoms with Crippen LogP contribution in [-0.4, -0.2) is 33.5 Å². The van der Waals surface area contributed by atoms with Crippen molar-refractivity contribution in [2.24, 2.45) is 5.92 Å². The number of carbonyl (C=O) groups is 1. The molecule has 0 aliphatic heterocycles. The van der Waals surface area contributed by atoms with Gasteiger partial charge in [0, 0.05) is 12.1 Å². The Morgan fingerprint density at radius 2 is 1.70 bits per heavy atom. The highest BCUT2D eigenvalue weighted by molar-refractivity contribution is 5.94. The van der Waals surface area contributed by atoms with E-state index in [0.717, 1.165) is 12.1 Å². The second-order valence-corrected chi connectivity index (χ2v) is 9.99. The topological polar surface area (TPSA) is 64.4 Å². The van der Waals surface area contributed by atoms with Gasteiger partial charge in [-0.1, -0.05) is 32.0 Å². The summed E-state index contributed by atoms with van der Waals surface area (Å²) in [5.41, 5.74) is -0.297. The zero-order valence-corrected chi connectivity index (χ0v) is 22.9. The first kappa shape index (κ1) is 28.9. The Hall–Kier alpha value is -4.14. The van der Waals surface area contributed by atoms with Crippen LogP contribution in [0, 0.1) is 5.92 Å². The van der Waals surface area contributed by atoms with Crippen molar-refractivity contribution >= 4 is 16.8 Å². The number of hydrogen-bond donors (Lipinski definition) is 0. The zero-order chi connectivity index (χ0) is 29.0. The minimum absolute atomic E-state index is 0.0822. The third-order valence-electron chi connectivity index (χ3n) is 6.69. The van der Waals surface area contributed by atoms with E-state index < -0.39 is 23.7 Å². The van der Waals surface area contributed by atoms with Crippen LogP contribution in [0.2, 0.25) is 0 Å². The number of halogens is 3. The number of nitrogens with zero attached hydrogens (tertiary/aromatic N) is 3. The molecule has 9 heteroatoms. The summed E-state index contributed by atoms with van der Waals surface area (Å²) in [7, 11) is 0. The molecule has 1 heterocycles. The first-order valence-electron chi connectivity index (χ1n) is 13.2. The molecule has 0 aliphatic rings. The van der Waals surface area contributed by atoms with Crippen LogP contribution in [0.4, 0.5) is 13.2 Å². The summed E-state index contributed by atoms with van der Waals surface area (Å²) in [6.07, 6.45) is -3.98. The van der Waals surface area contributed by atoms with Gasteiger partial charge in [0.05, 0.1) is 34.8 Å². The van der Waals surface area contributed by atoms with Crippen molar-refractivity contribution < 1.29 is 22.7 Å². The molecule has 4 rings (SSSR count). The van der Waals surface area contributed by atoms with E-state index in [0.29, 0.717) is 41.2 Å². The molecule has 6 nitrogen and oxygen atoms in total. The summed E-state index contributed by atoms with van der Waals surface area (Å²) in [5, 5.41) is 0.408. The van der Waals surface area contributed by atoms with Gasteiger partial charge in [0.1, 0.15) is 11.6 Å². The molecule has 0 bridgehead atoms. The third-order valence-corrected chi connectivity index (χ3v) is 6.69. The third kappa shape index (κ3) is 6.19. The van der Waals surface area contributed by atoms with Crippen molar-refractivity contribution in [3.05, 3.63) is 100 Å². The van der Waals surface area contributed by atoms with E-state index >= 15 is 0 Å². The van der Waals surface area contributed by atoms with Crippen molar-refractivity contribution in [2.75, 3.05) is 13.2 Å². The second-order valence-electron chi connectivity index (χ2n) is 9.99. The predicted octanol–water partition coefficient (Wildman–Crippen LogP) is 7.05. The van der Waals surface area contributed by atoms with Gasteiger partial charge < -0.3 is 9.64 Å². The number of ether oxygens (including phenoxy) is 1. The lowest BCUT2D eigenvalue weighted by atomic mass is 10.1. The van der Waals surface area contributed by atoms with Crippen LogP contribution < -0.4 is 10.3 Å². The van der Waals surface area contributed by atoms with Gasteiger partial charge in [-0.05, 0) is 80.8 Å². The van der Waals surface area contributed by atoms with Gasteiger partial charge in [0.15, 0.2) is 0 Å². The Kier molecular flexibility index (Phi) is 8.61. The highest BCUT2D eigenvalue weighted by atomic mass is 19.4. The highest BCUT2D eigenvalue weighted by Gasteiger charge is 2.33. The van der Waals surface area contributed by atoms with Crippen LogP contribution >= 0.6 is 0 Å². The summed E-state index contributed by atoms with van der Waals surface area (Å²) in [6, 6.07) is 17.6. The van der Waals surface area contributed by atoms with Gasteiger partial charge in [-0.25, -0.2) is 4.98 Å². The highest BCUT2D eigenvalue weighted by Crippen LogP contribution is 2.31. The van der Waals surface area contributed by atoms with Crippen molar-refractivity contribution in [1.82, 2.24) is 14.5 Å². The quantitative estimate of drug-likeness (QED) is 0.224. The molecule has 210 valence electrons. The maximum absolute atomic E-state index is 13.8. The van der Waals surface area contributed by atoms with E-state index in [1.807, 2.05) is 20.8 Å². The predicted molar refractivity (Wildman–Crippen MR) is 149 cm³/mol. The van der Waals surface area contributed by atoms with E-state index in [2.05, 4.69) is 0 Å². The summed E-state index contributed by atoms with van der Waals surface area (Å²) < 4.78 is 47.3. The van der Waals surface area contributed by atoms with Crippen LogP contribution in [0.25, 0.3) is 16.6 Å². The number of alkyl halides is 3. The number of rotatable bonds is 9. The molecule has 1 atom stereocenters. The zero-order valence-electron chi connectivity index (χ0n) is 22.9. The van der Waals surface area contributed by atoms with Crippen LogP contribution in [0.1, 0.15) is 61.9 Å². The fraction of sp³-hybridized carbons (Fsp3) is 0.323. The van der Waals surface area contributed by atoms with E-state index in [-0.39, 0.29) is 23.6 Å². The number of benzene rings is 3. The number of para-hydroxylation sites is 1. The average molecular weight is 552 g/mol. The lowest BCUT2D eigenvalue weighted by Gasteiger charge is -2.31. The Labute approximate surface area is 231 Å². The van der Waals surface area contributed by atoms with Crippen molar-refractivity contribution in [3.8, 4) is 11.4 Å². The smallest absolute Gasteiger partial charge is 0.416 e. The van der Waals surface area contributed by atoms with Gasteiger partial charge >= 0.3 is 6.18 Å². The molecule has 0 spiro atoms. The molecule has 1 aromatic heterocycles. The molecule has 0 saturated heterocycles. The molecular weight excluding hydrogens is 519 g/mol. The monoisotopic (exact) mass is 551 g/mol. The molecule has 1 unspecified atom stereocenters. The number of hydrogen-bond acceptors (Lipinski definition) is 4. The lowest BCUT2D eigenvalue weighted by molar-refractivity contribution is -0.137. The first-order valence-corrected chi connectivity index (χ1v) is 13.2. The van der Waals surface area contributed by atoms with E-state index in [1.165, 1.54) is 21.6 Å². The largest absolute Gasteiger partial charge is 0.494 e. The molecule has 0 N–H and O–H groups in total. The molecule has 0 fully saturated rings. The molecular formula is C31H32F3N3O3. The van der Waals surface area contributed by atoms with Crippen molar-refractivity contribution in [1.29, 1.82) is 0 Å². The van der Waals surface area contributed by atoms with Gasteiger partial charge in [-0.2, -0.15) is 13.2 Å². The molecule has 4 aromatic rings. The van der Waals surface area contributed by atoms with Crippen molar-refractivity contribution in [2.45, 2.75) is 46.3 Å². The fourth-order valence-electron chi connectivity index (χ4n) is 4.54. The van der Waals surface area contributed by atoms with E-state index in [1.54, 1.807) is 55.5 Å². The van der Waals surface area contributed by atoms with Gasteiger partial charge in [0.25, 0.3) is 11.5 Å². The molecule has 1 amide bonds. The standard InChI is InChI=1S/C31H32F3N3O3/c1-5-40-25-15-13-24(14-16-25)37-28(35-27-12-7-6-11-26(27)30(37)39)21(4)36(18-17-20(2)3)29(38)22-9-8-10-23(19-22)31(32,33)34/h6-16,19-21H,5,17-18H2,1-4H3. The number of amides is 1. The van der Waals surface area contributed by atoms with Crippen LogP contribution in [-0.2, 0) is 6.18 Å². The summed E-state index contributed by atoms with van der Waals surface area (Å²) in [5.74, 6) is 0.597. The van der Waals surface area contributed by atoms with Crippen LogP contribution in [0.3, 0.4) is 0 Å². The average Bonchev–Trinajstić information content (AvgIpc) is 2.93. The lowest BCUT2D eigenvalue weighted by Crippen LogP contribution is -2.38. The van der Waals surface area contributed by atoms with Crippen molar-refractivity contribution in [3.63, 3.8) is 0 Å². The normalized spacial score (nSPS) is 12.5. The first-order chi connectivity index (χ1) is 19.0. The maximum Gasteiger partial charge on any atom is 0.416 e. The molecule has 40 heavy (non-hydrogen) atoms. The Balaban J connectivity index is 1.87. The van der Waals surface area contributed by atoms with Gasteiger partial charge in [0.2, 0.25) is 0 Å². The molecule has 0 aliphatic carbocycles. The minimum atomic E-state index is -4.58. The molecule has 0 saturated carbocycles. The van der Waals surface area contributed by atoms with Crippen LogP contribution in [0.5, 0.6) is 5.75 Å². The Bertz CT molecular complexity index is 1550. The fourth-order valence-corrected chi connectivity index (χ4v) is 4.54. The second kappa shape index (κ2) is 11.9. The maximum atomic E-state index is 13.8. The van der Waals surface area contributed by atoms with Gasteiger partial charge in [-0.3, -0.25) is 14.2 Å². The molecule has 3 aromatic carbocycles. The summed E-state index contributed by atoms with van der Waals surface area (Å²) in [6.45, 7) is 8.37. The number of aromatic nitrogens is 2. The SMILES string of the molecule is CCOc1ccc(-n2c(C(C)N(CCC(C)C)C(=O)c3cccc(C(F)(F)F)c3)nc3ccccc3c2=O)cc1. The molecule has 0 radical (unpaired) electrons. The van der Waals surface area contributed by atoms with E-state index in [4.69, 9.17) is 9.72 Å².